The quantitative estimate of drug-likeness (QED) is 0.812. The molecule has 2 atom stereocenters. The SMILES string of the molecule is Cc1cc(C)cc(CC(NC2NC=CS2)c2cccc(C)c2C)c1. The van der Waals surface area contributed by atoms with Gasteiger partial charge in [0.25, 0.3) is 0 Å². The predicted octanol–water partition coefficient (Wildman–Crippen LogP) is 4.88. The van der Waals surface area contributed by atoms with Crippen LogP contribution in [0.4, 0.5) is 0 Å². The van der Waals surface area contributed by atoms with Gasteiger partial charge in [0.1, 0.15) is 5.50 Å². The van der Waals surface area contributed by atoms with Crippen LogP contribution in [0.3, 0.4) is 0 Å². The van der Waals surface area contributed by atoms with Gasteiger partial charge < -0.3 is 5.32 Å². The van der Waals surface area contributed by atoms with E-state index < -0.39 is 0 Å². The highest BCUT2D eigenvalue weighted by molar-refractivity contribution is 8.02. The fourth-order valence-electron chi connectivity index (χ4n) is 3.39. The zero-order valence-corrected chi connectivity index (χ0v) is 15.7. The van der Waals surface area contributed by atoms with E-state index in [2.05, 4.69) is 80.1 Å². The van der Waals surface area contributed by atoms with E-state index in [0.717, 1.165) is 6.42 Å². The molecule has 2 unspecified atom stereocenters. The van der Waals surface area contributed by atoms with Gasteiger partial charge in [0, 0.05) is 12.2 Å². The summed E-state index contributed by atoms with van der Waals surface area (Å²) in [7, 11) is 0. The van der Waals surface area contributed by atoms with Crippen molar-refractivity contribution in [3.63, 3.8) is 0 Å². The number of thioether (sulfide) groups is 1. The largest absolute Gasteiger partial charge is 0.367 e. The van der Waals surface area contributed by atoms with Crippen molar-refractivity contribution in [2.75, 3.05) is 0 Å². The number of hydrogen-bond donors (Lipinski definition) is 2. The Morgan fingerprint density at radius 2 is 1.83 bits per heavy atom. The summed E-state index contributed by atoms with van der Waals surface area (Å²) >= 11 is 1.79. The second-order valence-corrected chi connectivity index (χ2v) is 7.71. The molecule has 0 bridgehead atoms. The van der Waals surface area contributed by atoms with E-state index in [9.17, 15) is 0 Å². The van der Waals surface area contributed by atoms with Gasteiger partial charge in [-0.05, 0) is 61.8 Å². The highest BCUT2D eigenvalue weighted by Crippen LogP contribution is 2.27. The summed E-state index contributed by atoms with van der Waals surface area (Å²) in [5.74, 6) is 0. The molecule has 3 rings (SSSR count). The molecule has 0 saturated heterocycles. The van der Waals surface area contributed by atoms with Crippen LogP contribution in [0.25, 0.3) is 0 Å². The molecule has 0 aromatic heterocycles. The lowest BCUT2D eigenvalue weighted by Crippen LogP contribution is -2.38. The molecule has 1 heterocycles. The predicted molar refractivity (Wildman–Crippen MR) is 105 cm³/mol. The molecular weight excluding hydrogens is 312 g/mol. The highest BCUT2D eigenvalue weighted by atomic mass is 32.2. The van der Waals surface area contributed by atoms with Crippen LogP contribution in [0.5, 0.6) is 0 Å². The number of rotatable bonds is 5. The molecule has 1 aliphatic heterocycles. The Bertz CT molecular complexity index is 723. The smallest absolute Gasteiger partial charge is 0.129 e. The van der Waals surface area contributed by atoms with Gasteiger partial charge >= 0.3 is 0 Å². The van der Waals surface area contributed by atoms with Crippen LogP contribution in [0.2, 0.25) is 0 Å². The van der Waals surface area contributed by atoms with Crippen molar-refractivity contribution in [1.82, 2.24) is 10.6 Å². The van der Waals surface area contributed by atoms with E-state index in [1.54, 1.807) is 11.8 Å². The third-order valence-electron chi connectivity index (χ3n) is 4.63. The molecule has 2 N–H and O–H groups in total. The van der Waals surface area contributed by atoms with Crippen LogP contribution in [0, 0.1) is 27.7 Å². The molecule has 0 spiro atoms. The molecule has 3 heteroatoms. The monoisotopic (exact) mass is 338 g/mol. The number of aryl methyl sites for hydroxylation is 3. The lowest BCUT2D eigenvalue weighted by Gasteiger charge is -2.26. The van der Waals surface area contributed by atoms with Gasteiger partial charge in [-0.25, -0.2) is 0 Å². The molecule has 2 aromatic carbocycles. The van der Waals surface area contributed by atoms with Crippen molar-refractivity contribution < 1.29 is 0 Å². The maximum atomic E-state index is 3.78. The molecule has 126 valence electrons. The van der Waals surface area contributed by atoms with E-state index in [1.165, 1.54) is 33.4 Å². The van der Waals surface area contributed by atoms with Crippen LogP contribution < -0.4 is 10.6 Å². The zero-order valence-electron chi connectivity index (χ0n) is 14.9. The molecule has 2 nitrogen and oxygen atoms in total. The Labute approximate surface area is 149 Å². The van der Waals surface area contributed by atoms with Crippen molar-refractivity contribution in [3.05, 3.63) is 81.4 Å². The summed E-state index contributed by atoms with van der Waals surface area (Å²) in [5, 5.41) is 9.25. The van der Waals surface area contributed by atoms with Crippen molar-refractivity contribution in [2.24, 2.45) is 0 Å². The molecule has 0 fully saturated rings. The van der Waals surface area contributed by atoms with Crippen LogP contribution in [0.1, 0.15) is 39.4 Å². The molecule has 2 aromatic rings. The minimum absolute atomic E-state index is 0.237. The van der Waals surface area contributed by atoms with Gasteiger partial charge in [0.15, 0.2) is 0 Å². The average Bonchev–Trinajstić information content (AvgIpc) is 3.01. The molecular formula is C21H26N2S. The maximum absolute atomic E-state index is 3.78. The lowest BCUT2D eigenvalue weighted by atomic mass is 9.92. The molecule has 0 radical (unpaired) electrons. The Morgan fingerprint density at radius 1 is 1.08 bits per heavy atom. The van der Waals surface area contributed by atoms with Gasteiger partial charge in [-0.15, -0.1) is 0 Å². The van der Waals surface area contributed by atoms with E-state index in [4.69, 9.17) is 0 Å². The van der Waals surface area contributed by atoms with Gasteiger partial charge in [-0.2, -0.15) is 0 Å². The summed E-state index contributed by atoms with van der Waals surface area (Å²) in [5.41, 5.74) is 8.42. The first-order valence-electron chi connectivity index (χ1n) is 8.49. The first kappa shape index (κ1) is 17.1. The standard InChI is InChI=1S/C21H26N2S/c1-14-10-15(2)12-18(11-14)13-20(23-21-22-8-9-24-21)19-7-5-6-16(3)17(19)4/h5-12,20-23H,13H2,1-4H3. The summed E-state index contributed by atoms with van der Waals surface area (Å²) in [4.78, 5) is 0. The highest BCUT2D eigenvalue weighted by Gasteiger charge is 2.20. The summed E-state index contributed by atoms with van der Waals surface area (Å²) in [6, 6.07) is 13.8. The minimum Gasteiger partial charge on any atom is -0.367 e. The van der Waals surface area contributed by atoms with Crippen LogP contribution >= 0.6 is 11.8 Å². The number of hydrogen-bond acceptors (Lipinski definition) is 3. The van der Waals surface area contributed by atoms with Crippen LogP contribution in [0.15, 0.2) is 48.0 Å². The van der Waals surface area contributed by atoms with Crippen LogP contribution in [-0.4, -0.2) is 5.50 Å². The molecule has 0 aliphatic carbocycles. The van der Waals surface area contributed by atoms with E-state index in [0.29, 0.717) is 0 Å². The lowest BCUT2D eigenvalue weighted by molar-refractivity contribution is 0.492. The third-order valence-corrected chi connectivity index (χ3v) is 5.46. The van der Waals surface area contributed by atoms with Crippen molar-refractivity contribution in [3.8, 4) is 0 Å². The average molecular weight is 339 g/mol. The Morgan fingerprint density at radius 3 is 2.50 bits per heavy atom. The molecule has 0 amide bonds. The van der Waals surface area contributed by atoms with E-state index >= 15 is 0 Å². The first-order valence-corrected chi connectivity index (χ1v) is 9.43. The fourth-order valence-corrected chi connectivity index (χ4v) is 4.10. The topological polar surface area (TPSA) is 24.1 Å². The fraction of sp³-hybridized carbons (Fsp3) is 0.333. The van der Waals surface area contributed by atoms with Gasteiger partial charge in [0.2, 0.25) is 0 Å². The van der Waals surface area contributed by atoms with Gasteiger partial charge in [-0.3, -0.25) is 5.32 Å². The van der Waals surface area contributed by atoms with E-state index in [-0.39, 0.29) is 11.5 Å². The molecule has 1 aliphatic rings. The summed E-state index contributed by atoms with van der Waals surface area (Å²) < 4.78 is 0. The maximum Gasteiger partial charge on any atom is 0.129 e. The second-order valence-electron chi connectivity index (χ2n) is 6.69. The van der Waals surface area contributed by atoms with Crippen molar-refractivity contribution >= 4 is 11.8 Å². The van der Waals surface area contributed by atoms with E-state index in [1.807, 2.05) is 6.20 Å². The van der Waals surface area contributed by atoms with Gasteiger partial charge in [-0.1, -0.05) is 59.3 Å². The van der Waals surface area contributed by atoms with Crippen molar-refractivity contribution in [2.45, 2.75) is 45.7 Å². The minimum atomic E-state index is 0.237. The Kier molecular flexibility index (Phi) is 5.32. The first-order chi connectivity index (χ1) is 11.5. The number of benzene rings is 2. The zero-order chi connectivity index (χ0) is 17.1. The third kappa shape index (κ3) is 4.03. The molecule has 24 heavy (non-hydrogen) atoms. The second kappa shape index (κ2) is 7.45. The van der Waals surface area contributed by atoms with Crippen molar-refractivity contribution in [1.29, 1.82) is 0 Å². The normalized spacial score (nSPS) is 17.8. The number of nitrogens with one attached hydrogen (secondary N) is 2. The Hall–Kier alpha value is -1.71. The van der Waals surface area contributed by atoms with Crippen LogP contribution in [-0.2, 0) is 6.42 Å². The summed E-state index contributed by atoms with van der Waals surface area (Å²) in [6.07, 6.45) is 3.00. The molecule has 0 saturated carbocycles. The summed E-state index contributed by atoms with van der Waals surface area (Å²) in [6.45, 7) is 8.77. The van der Waals surface area contributed by atoms with Gasteiger partial charge in [0.05, 0.1) is 0 Å². The Balaban J connectivity index is 1.90.